The summed E-state index contributed by atoms with van der Waals surface area (Å²) in [6, 6.07) is -1.45. The predicted molar refractivity (Wildman–Crippen MR) is 107 cm³/mol. The first-order valence-corrected chi connectivity index (χ1v) is 10.1. The monoisotopic (exact) mass is 408 g/mol. The van der Waals surface area contributed by atoms with Crippen molar-refractivity contribution in [2.75, 3.05) is 0 Å². The van der Waals surface area contributed by atoms with Crippen LogP contribution in [-0.2, 0) is 23.9 Å². The molecule has 1 heterocycles. The van der Waals surface area contributed by atoms with E-state index in [0.29, 0.717) is 6.42 Å². The molecule has 1 aliphatic rings. The maximum absolute atomic E-state index is 12.9. The van der Waals surface area contributed by atoms with Gasteiger partial charge in [-0.25, -0.2) is 19.3 Å². The highest BCUT2D eigenvalue weighted by Crippen LogP contribution is 2.27. The third kappa shape index (κ3) is 6.73. The maximum atomic E-state index is 12.9. The van der Waals surface area contributed by atoms with Crippen LogP contribution in [0.15, 0.2) is 25.3 Å². The Kier molecular flexibility index (Phi) is 10.1. The number of hydrogen-bond acceptors (Lipinski definition) is 6. The molecule has 0 spiro atoms. The van der Waals surface area contributed by atoms with E-state index in [0.717, 1.165) is 49.2 Å². The highest BCUT2D eigenvalue weighted by molar-refractivity contribution is 6.04. The summed E-state index contributed by atoms with van der Waals surface area (Å²) in [5.41, 5.74) is 0. The number of amides is 3. The molecule has 162 valence electrons. The molecular formula is C21H32N2O6. The summed E-state index contributed by atoms with van der Waals surface area (Å²) >= 11 is 0. The molecule has 3 atom stereocenters. The van der Waals surface area contributed by atoms with Gasteiger partial charge in [0.2, 0.25) is 0 Å². The van der Waals surface area contributed by atoms with Crippen LogP contribution in [0.4, 0.5) is 4.79 Å². The Bertz CT molecular complexity index is 633. The topological polar surface area (TPSA) is 93.2 Å². The highest BCUT2D eigenvalue weighted by atomic mass is 16.6. The van der Waals surface area contributed by atoms with E-state index in [1.807, 2.05) is 0 Å². The number of unbranched alkanes of at least 4 members (excludes halogenated alkanes) is 5. The Balaban J connectivity index is 2.92. The standard InChI is InChI=1S/C21H32N2O6/c1-6-9-10-11-12-13-14-17-20(26)23(16(5)29-19(25)8-3)21(27)22(17)15(4)28-18(24)7-2/h7-8,15-17H,2-3,6,9-14H2,1,4-5H3. The summed E-state index contributed by atoms with van der Waals surface area (Å²) in [4.78, 5) is 51.1. The average molecular weight is 408 g/mol. The van der Waals surface area contributed by atoms with E-state index in [1.54, 1.807) is 0 Å². The lowest BCUT2D eigenvalue weighted by atomic mass is 10.0. The first-order chi connectivity index (χ1) is 13.8. The minimum atomic E-state index is -1.10. The van der Waals surface area contributed by atoms with Crippen molar-refractivity contribution in [2.45, 2.75) is 84.2 Å². The minimum absolute atomic E-state index is 0.436. The van der Waals surface area contributed by atoms with Gasteiger partial charge in [-0.3, -0.25) is 9.69 Å². The second kappa shape index (κ2) is 12.0. The quantitative estimate of drug-likeness (QED) is 0.200. The smallest absolute Gasteiger partial charge is 0.333 e. The summed E-state index contributed by atoms with van der Waals surface area (Å²) in [7, 11) is 0. The van der Waals surface area contributed by atoms with Crippen LogP contribution < -0.4 is 0 Å². The fourth-order valence-electron chi connectivity index (χ4n) is 3.30. The van der Waals surface area contributed by atoms with Crippen LogP contribution in [0.25, 0.3) is 0 Å². The Labute approximate surface area is 172 Å². The fourth-order valence-corrected chi connectivity index (χ4v) is 3.30. The molecule has 0 N–H and O–H groups in total. The second-order valence-corrected chi connectivity index (χ2v) is 6.95. The summed E-state index contributed by atoms with van der Waals surface area (Å²) < 4.78 is 10.2. The number of carbonyl (C=O) groups is 4. The highest BCUT2D eigenvalue weighted by Gasteiger charge is 2.50. The molecule has 1 rings (SSSR count). The molecule has 8 nitrogen and oxygen atoms in total. The van der Waals surface area contributed by atoms with Crippen molar-refractivity contribution in [3.63, 3.8) is 0 Å². The Morgan fingerprint density at radius 3 is 2.03 bits per heavy atom. The molecule has 1 fully saturated rings. The van der Waals surface area contributed by atoms with E-state index in [2.05, 4.69) is 20.1 Å². The second-order valence-electron chi connectivity index (χ2n) is 6.95. The summed E-state index contributed by atoms with van der Waals surface area (Å²) in [6.07, 6.45) is 6.52. The Morgan fingerprint density at radius 1 is 0.966 bits per heavy atom. The van der Waals surface area contributed by atoms with Crippen LogP contribution in [0.1, 0.15) is 65.7 Å². The van der Waals surface area contributed by atoms with Gasteiger partial charge in [-0.05, 0) is 20.3 Å². The van der Waals surface area contributed by atoms with Gasteiger partial charge in [0.15, 0.2) is 12.5 Å². The van der Waals surface area contributed by atoms with Crippen molar-refractivity contribution >= 4 is 23.9 Å². The van der Waals surface area contributed by atoms with Gasteiger partial charge in [-0.1, -0.05) is 58.6 Å². The number of imide groups is 1. The molecule has 3 unspecified atom stereocenters. The first kappa shape index (κ1) is 24.4. The Hall–Kier alpha value is -2.64. The summed E-state index contributed by atoms with van der Waals surface area (Å²) in [5, 5.41) is 0. The lowest BCUT2D eigenvalue weighted by Gasteiger charge is -2.28. The van der Waals surface area contributed by atoms with Gasteiger partial charge in [0, 0.05) is 12.2 Å². The largest absolute Gasteiger partial charge is 0.439 e. The molecular weight excluding hydrogens is 376 g/mol. The molecule has 29 heavy (non-hydrogen) atoms. The summed E-state index contributed by atoms with van der Waals surface area (Å²) in [5.74, 6) is -1.91. The van der Waals surface area contributed by atoms with Gasteiger partial charge >= 0.3 is 18.0 Å². The molecule has 0 aromatic carbocycles. The number of ether oxygens (including phenoxy) is 2. The van der Waals surface area contributed by atoms with Gasteiger partial charge in [-0.15, -0.1) is 0 Å². The zero-order valence-electron chi connectivity index (χ0n) is 17.6. The van der Waals surface area contributed by atoms with Crippen molar-refractivity contribution in [3.8, 4) is 0 Å². The molecule has 0 radical (unpaired) electrons. The molecule has 0 saturated carbocycles. The van der Waals surface area contributed by atoms with E-state index in [-0.39, 0.29) is 0 Å². The van der Waals surface area contributed by atoms with Gasteiger partial charge in [0.1, 0.15) is 6.04 Å². The molecule has 0 aromatic heterocycles. The number of nitrogens with zero attached hydrogens (tertiary/aromatic N) is 2. The number of rotatable bonds is 13. The molecule has 8 heteroatoms. The lowest BCUT2D eigenvalue weighted by molar-refractivity contribution is -0.154. The average Bonchev–Trinajstić information content (AvgIpc) is 2.93. The summed E-state index contributed by atoms with van der Waals surface area (Å²) in [6.45, 7) is 11.7. The van der Waals surface area contributed by atoms with E-state index >= 15 is 0 Å². The van der Waals surface area contributed by atoms with E-state index < -0.39 is 42.4 Å². The van der Waals surface area contributed by atoms with Gasteiger partial charge in [-0.2, -0.15) is 0 Å². The predicted octanol–water partition coefficient (Wildman–Crippen LogP) is 3.52. The van der Waals surface area contributed by atoms with Gasteiger partial charge in [0.25, 0.3) is 5.91 Å². The zero-order chi connectivity index (χ0) is 22.0. The van der Waals surface area contributed by atoms with Gasteiger partial charge in [0.05, 0.1) is 0 Å². The third-order valence-corrected chi connectivity index (χ3v) is 4.78. The zero-order valence-corrected chi connectivity index (χ0v) is 17.6. The lowest BCUT2D eigenvalue weighted by Crippen LogP contribution is -2.45. The molecule has 3 amide bonds. The number of hydrogen-bond donors (Lipinski definition) is 0. The van der Waals surface area contributed by atoms with E-state index in [4.69, 9.17) is 9.47 Å². The van der Waals surface area contributed by atoms with Crippen molar-refractivity contribution in [1.29, 1.82) is 0 Å². The molecule has 0 aliphatic carbocycles. The molecule has 1 aliphatic heterocycles. The van der Waals surface area contributed by atoms with Crippen molar-refractivity contribution in [3.05, 3.63) is 25.3 Å². The SMILES string of the molecule is C=CC(=O)OC(C)N1C(=O)C(CCCCCCCC)N(C(C)OC(=O)C=C)C1=O. The van der Waals surface area contributed by atoms with Crippen LogP contribution in [0.5, 0.6) is 0 Å². The van der Waals surface area contributed by atoms with Crippen LogP contribution in [0.3, 0.4) is 0 Å². The van der Waals surface area contributed by atoms with Crippen molar-refractivity contribution in [1.82, 2.24) is 9.80 Å². The Morgan fingerprint density at radius 2 is 1.48 bits per heavy atom. The van der Waals surface area contributed by atoms with Gasteiger partial charge < -0.3 is 9.47 Å². The minimum Gasteiger partial charge on any atom is -0.439 e. The van der Waals surface area contributed by atoms with Crippen LogP contribution in [0, 0.1) is 0 Å². The third-order valence-electron chi connectivity index (χ3n) is 4.78. The molecule has 0 aromatic rings. The van der Waals surface area contributed by atoms with Crippen molar-refractivity contribution < 1.29 is 28.7 Å². The van der Waals surface area contributed by atoms with Crippen molar-refractivity contribution in [2.24, 2.45) is 0 Å². The van der Waals surface area contributed by atoms with Crippen LogP contribution in [-0.4, -0.2) is 52.2 Å². The van der Waals surface area contributed by atoms with E-state index in [1.165, 1.54) is 25.2 Å². The number of carbonyl (C=O) groups excluding carboxylic acids is 4. The fraction of sp³-hybridized carbons (Fsp3) is 0.619. The maximum Gasteiger partial charge on any atom is 0.333 e. The van der Waals surface area contributed by atoms with E-state index in [9.17, 15) is 19.2 Å². The number of esters is 2. The first-order valence-electron chi connectivity index (χ1n) is 10.1. The number of urea groups is 1. The van der Waals surface area contributed by atoms with Crippen LogP contribution in [0.2, 0.25) is 0 Å². The normalized spacial score (nSPS) is 18.4. The van der Waals surface area contributed by atoms with Crippen LogP contribution >= 0.6 is 0 Å². The molecule has 1 saturated heterocycles. The molecule has 0 bridgehead atoms.